The zero-order valence-electron chi connectivity index (χ0n) is 10.3. The maximum atomic E-state index is 13.5. The van der Waals surface area contributed by atoms with E-state index in [4.69, 9.17) is 6.57 Å². The molecule has 0 saturated heterocycles. The van der Waals surface area contributed by atoms with Crippen molar-refractivity contribution < 1.29 is 22.3 Å². The van der Waals surface area contributed by atoms with Gasteiger partial charge in [0.2, 0.25) is 0 Å². The molecule has 0 radical (unpaired) electrons. The summed E-state index contributed by atoms with van der Waals surface area (Å²) in [5.74, 6) is 0. The summed E-state index contributed by atoms with van der Waals surface area (Å²) >= 11 is 0. The Morgan fingerprint density at radius 1 is 1.00 bits per heavy atom. The van der Waals surface area contributed by atoms with Gasteiger partial charge in [-0.3, -0.25) is 4.98 Å². The topological polar surface area (TPSA) is 26.5 Å². The number of pyridine rings is 1. The first-order valence-corrected chi connectivity index (χ1v) is 5.78. The van der Waals surface area contributed by atoms with Crippen molar-refractivity contribution in [2.24, 2.45) is 0 Å². The van der Waals surface area contributed by atoms with Gasteiger partial charge < -0.3 is 0 Å². The highest BCUT2D eigenvalue weighted by Gasteiger charge is 2.57. The third kappa shape index (κ3) is 2.14. The molecule has 1 aliphatic rings. The minimum absolute atomic E-state index is 0.209. The average molecular weight is 294 g/mol. The minimum Gasteiger partial charge on any atom is -0.259 e. The summed E-state index contributed by atoms with van der Waals surface area (Å²) in [4.78, 5) is 7.15. The molecule has 7 heteroatoms. The number of hydrogen-bond acceptors (Lipinski definition) is 2. The van der Waals surface area contributed by atoms with Crippen LogP contribution in [-0.2, 0) is 17.0 Å². The lowest BCUT2D eigenvalue weighted by Crippen LogP contribution is -2.17. The SMILES string of the molecule is [C-]#[N+]c1ccnc(-c2ccc3c(c2)C(F)(F)OC3(F)F)c1. The number of rotatable bonds is 1. The van der Waals surface area contributed by atoms with E-state index >= 15 is 0 Å². The van der Waals surface area contributed by atoms with Crippen molar-refractivity contribution in [1.29, 1.82) is 0 Å². The van der Waals surface area contributed by atoms with E-state index in [-0.39, 0.29) is 16.9 Å². The van der Waals surface area contributed by atoms with Crippen molar-refractivity contribution in [3.8, 4) is 11.3 Å². The van der Waals surface area contributed by atoms with E-state index in [9.17, 15) is 17.6 Å². The Morgan fingerprint density at radius 3 is 2.43 bits per heavy atom. The largest absolute Gasteiger partial charge is 0.388 e. The van der Waals surface area contributed by atoms with Crippen LogP contribution in [0.2, 0.25) is 0 Å². The minimum atomic E-state index is -4.06. The van der Waals surface area contributed by atoms with Crippen LogP contribution < -0.4 is 0 Å². The van der Waals surface area contributed by atoms with E-state index in [2.05, 4.69) is 14.6 Å². The van der Waals surface area contributed by atoms with Gasteiger partial charge in [0.15, 0.2) is 5.69 Å². The Bertz CT molecular complexity index is 768. The van der Waals surface area contributed by atoms with Gasteiger partial charge in [-0.25, -0.2) is 9.58 Å². The van der Waals surface area contributed by atoms with Gasteiger partial charge in [0, 0.05) is 6.20 Å². The summed E-state index contributed by atoms with van der Waals surface area (Å²) < 4.78 is 57.2. The number of ether oxygens (including phenoxy) is 1. The Hall–Kier alpha value is -2.46. The molecule has 1 aliphatic heterocycles. The van der Waals surface area contributed by atoms with Gasteiger partial charge >= 0.3 is 12.2 Å². The lowest BCUT2D eigenvalue weighted by Gasteiger charge is -2.10. The summed E-state index contributed by atoms with van der Waals surface area (Å²) in [5.41, 5.74) is -1.02. The predicted octanol–water partition coefficient (Wildman–Crippen LogP) is 4.43. The van der Waals surface area contributed by atoms with Crippen molar-refractivity contribution in [3.05, 3.63) is 59.1 Å². The molecule has 1 aromatic heterocycles. The summed E-state index contributed by atoms with van der Waals surface area (Å²) in [6.07, 6.45) is -6.74. The first-order chi connectivity index (χ1) is 9.83. The quantitative estimate of drug-likeness (QED) is 0.574. The Labute approximate surface area is 116 Å². The van der Waals surface area contributed by atoms with Crippen molar-refractivity contribution in [2.75, 3.05) is 0 Å². The number of nitrogens with zero attached hydrogens (tertiary/aromatic N) is 2. The van der Waals surface area contributed by atoms with Crippen LogP contribution in [0.15, 0.2) is 36.5 Å². The van der Waals surface area contributed by atoms with Gasteiger partial charge in [-0.2, -0.15) is 17.6 Å². The van der Waals surface area contributed by atoms with Gasteiger partial charge in [-0.15, -0.1) is 0 Å². The van der Waals surface area contributed by atoms with Gasteiger partial charge in [-0.05, 0) is 29.8 Å². The smallest absolute Gasteiger partial charge is 0.259 e. The van der Waals surface area contributed by atoms with Crippen molar-refractivity contribution in [3.63, 3.8) is 0 Å². The number of hydrogen-bond donors (Lipinski definition) is 0. The fourth-order valence-corrected chi connectivity index (χ4v) is 2.12. The van der Waals surface area contributed by atoms with E-state index in [1.165, 1.54) is 24.4 Å². The number of aromatic nitrogens is 1. The lowest BCUT2D eigenvalue weighted by molar-refractivity contribution is -0.369. The number of benzene rings is 1. The number of halogens is 4. The zero-order chi connectivity index (χ0) is 15.3. The van der Waals surface area contributed by atoms with E-state index in [0.717, 1.165) is 12.1 Å². The number of alkyl halides is 4. The second-order valence-corrected chi connectivity index (χ2v) is 4.41. The van der Waals surface area contributed by atoms with Crippen molar-refractivity contribution >= 4 is 5.69 Å². The molecular formula is C14H6F4N2O. The molecule has 2 heterocycles. The monoisotopic (exact) mass is 294 g/mol. The molecule has 3 nitrogen and oxygen atoms in total. The fraction of sp³-hybridized carbons (Fsp3) is 0.143. The summed E-state index contributed by atoms with van der Waals surface area (Å²) in [6.45, 7) is 6.90. The van der Waals surface area contributed by atoms with Crippen LogP contribution in [0, 0.1) is 6.57 Å². The normalized spacial score (nSPS) is 18.0. The third-order valence-electron chi connectivity index (χ3n) is 3.07. The maximum Gasteiger partial charge on any atom is 0.388 e. The first-order valence-electron chi connectivity index (χ1n) is 5.78. The van der Waals surface area contributed by atoms with Gasteiger partial charge in [0.25, 0.3) is 0 Å². The maximum absolute atomic E-state index is 13.5. The van der Waals surface area contributed by atoms with E-state index in [1.807, 2.05) is 0 Å². The van der Waals surface area contributed by atoms with Gasteiger partial charge in [0.05, 0.1) is 23.4 Å². The molecule has 0 fully saturated rings. The molecule has 0 bridgehead atoms. The van der Waals surface area contributed by atoms with Crippen LogP contribution >= 0.6 is 0 Å². The standard InChI is InChI=1S/C14H6F4N2O/c1-19-9-4-5-20-12(7-9)8-2-3-10-11(6-8)14(17,18)21-13(10,15)16/h2-7H. The van der Waals surface area contributed by atoms with E-state index in [1.54, 1.807) is 0 Å². The summed E-state index contributed by atoms with van der Waals surface area (Å²) in [5, 5.41) is 0. The molecule has 0 saturated carbocycles. The van der Waals surface area contributed by atoms with Crippen LogP contribution in [-0.4, -0.2) is 4.98 Å². The van der Waals surface area contributed by atoms with Crippen molar-refractivity contribution in [2.45, 2.75) is 12.2 Å². The van der Waals surface area contributed by atoms with Gasteiger partial charge in [-0.1, -0.05) is 6.07 Å². The van der Waals surface area contributed by atoms with E-state index < -0.39 is 23.3 Å². The molecule has 0 atom stereocenters. The molecule has 0 aliphatic carbocycles. The van der Waals surface area contributed by atoms with E-state index in [0.29, 0.717) is 0 Å². The molecule has 21 heavy (non-hydrogen) atoms. The summed E-state index contributed by atoms with van der Waals surface area (Å²) in [6, 6.07) is 5.88. The Kier molecular flexibility index (Phi) is 2.75. The molecule has 0 amide bonds. The van der Waals surface area contributed by atoms with Gasteiger partial charge in [0.1, 0.15) is 0 Å². The fourth-order valence-electron chi connectivity index (χ4n) is 2.12. The molecule has 3 rings (SSSR count). The molecule has 0 spiro atoms. The summed E-state index contributed by atoms with van der Waals surface area (Å²) in [7, 11) is 0. The van der Waals surface area contributed by atoms with Crippen LogP contribution in [0.3, 0.4) is 0 Å². The second-order valence-electron chi connectivity index (χ2n) is 4.41. The molecule has 106 valence electrons. The molecule has 1 aromatic carbocycles. The Morgan fingerprint density at radius 2 is 1.71 bits per heavy atom. The third-order valence-corrected chi connectivity index (χ3v) is 3.07. The van der Waals surface area contributed by atoms with Crippen LogP contribution in [0.1, 0.15) is 11.1 Å². The lowest BCUT2D eigenvalue weighted by atomic mass is 10.0. The molecule has 0 N–H and O–H groups in total. The zero-order valence-corrected chi connectivity index (χ0v) is 10.3. The Balaban J connectivity index is 2.15. The highest BCUT2D eigenvalue weighted by molar-refractivity contribution is 5.66. The second kappa shape index (κ2) is 4.27. The van der Waals surface area contributed by atoms with Crippen LogP contribution in [0.4, 0.5) is 23.2 Å². The first kappa shape index (κ1) is 13.5. The van der Waals surface area contributed by atoms with Crippen LogP contribution in [0.5, 0.6) is 0 Å². The molecule has 2 aromatic rings. The molecule has 0 unspecified atom stereocenters. The predicted molar refractivity (Wildman–Crippen MR) is 64.8 cm³/mol. The highest BCUT2D eigenvalue weighted by atomic mass is 19.3. The van der Waals surface area contributed by atoms with Crippen LogP contribution in [0.25, 0.3) is 16.1 Å². The molecular weight excluding hydrogens is 288 g/mol. The average Bonchev–Trinajstić information content (AvgIpc) is 2.64. The number of fused-ring (bicyclic) bond motifs is 1. The van der Waals surface area contributed by atoms with Crippen molar-refractivity contribution in [1.82, 2.24) is 4.98 Å². The highest BCUT2D eigenvalue weighted by Crippen LogP contribution is 2.51.